The van der Waals surface area contributed by atoms with Crippen LogP contribution in [0.5, 0.6) is 5.75 Å². The molecule has 7 nitrogen and oxygen atoms in total. The van der Waals surface area contributed by atoms with Gasteiger partial charge in [-0.3, -0.25) is 9.11 Å². The highest BCUT2D eigenvalue weighted by Crippen LogP contribution is 2.57. The number of para-hydroxylation sites is 1. The van der Waals surface area contributed by atoms with Crippen LogP contribution in [0.4, 0.5) is 15.8 Å². The standard InChI is InChI=1S/C24H31FN2O5S2/c1-4-6-12-24(5-2)16-27(17-10-8-7-9-11-17)19-13-21(33-3)20(32-15-18(25)23(28)29)14-22(19)34(30,31)26-24/h7-11,13-15,26,30-31H,4-6,12,16H2,1-3H3,(H,28,29)/b18-15-. The Bertz CT molecular complexity index is 1050. The van der Waals surface area contributed by atoms with Crippen LogP contribution < -0.4 is 14.4 Å². The molecule has 0 amide bonds. The number of nitrogens with zero attached hydrogens (tertiary/aromatic N) is 1. The molecule has 10 heteroatoms. The minimum atomic E-state index is -3.48. The van der Waals surface area contributed by atoms with E-state index in [-0.39, 0.29) is 10.6 Å². The number of benzene rings is 2. The maximum absolute atomic E-state index is 13.6. The van der Waals surface area contributed by atoms with Crippen molar-refractivity contribution >= 4 is 39.9 Å². The topological polar surface area (TPSA) is 102 Å². The Kier molecular flexibility index (Phi) is 8.53. The van der Waals surface area contributed by atoms with Gasteiger partial charge >= 0.3 is 5.97 Å². The van der Waals surface area contributed by atoms with Crippen molar-refractivity contribution in [3.05, 3.63) is 54.6 Å². The van der Waals surface area contributed by atoms with Gasteiger partial charge in [-0.25, -0.2) is 9.52 Å². The third kappa shape index (κ3) is 5.69. The van der Waals surface area contributed by atoms with E-state index < -0.39 is 28.1 Å². The number of ether oxygens (including phenoxy) is 1. The van der Waals surface area contributed by atoms with Crippen LogP contribution in [-0.2, 0) is 4.79 Å². The van der Waals surface area contributed by atoms with Crippen LogP contribution in [0.1, 0.15) is 39.5 Å². The fourth-order valence-corrected chi connectivity index (χ4v) is 6.30. The van der Waals surface area contributed by atoms with Gasteiger partial charge in [-0.1, -0.05) is 44.9 Å². The van der Waals surface area contributed by atoms with Crippen molar-refractivity contribution in [1.82, 2.24) is 4.72 Å². The van der Waals surface area contributed by atoms with Crippen molar-refractivity contribution in [1.29, 1.82) is 0 Å². The maximum Gasteiger partial charge on any atom is 0.368 e. The number of aliphatic carboxylic acids is 1. The zero-order chi connectivity index (χ0) is 24.9. The molecule has 0 radical (unpaired) electrons. The van der Waals surface area contributed by atoms with E-state index in [0.29, 0.717) is 29.8 Å². The predicted octanol–water partition coefficient (Wildman–Crippen LogP) is 6.79. The molecule has 186 valence electrons. The molecule has 3 rings (SSSR count). The smallest absolute Gasteiger partial charge is 0.368 e. The largest absolute Gasteiger partial charge is 0.476 e. The van der Waals surface area contributed by atoms with E-state index in [0.717, 1.165) is 24.9 Å². The van der Waals surface area contributed by atoms with Crippen molar-refractivity contribution in [2.24, 2.45) is 0 Å². The van der Waals surface area contributed by atoms with Gasteiger partial charge in [0.25, 0.3) is 0 Å². The molecule has 1 unspecified atom stereocenters. The van der Waals surface area contributed by atoms with Gasteiger partial charge in [0, 0.05) is 18.3 Å². The van der Waals surface area contributed by atoms with Crippen LogP contribution in [0.25, 0.3) is 0 Å². The van der Waals surface area contributed by atoms with Crippen LogP contribution in [0.2, 0.25) is 0 Å². The highest BCUT2D eigenvalue weighted by Gasteiger charge is 2.41. The summed E-state index contributed by atoms with van der Waals surface area (Å²) < 4.78 is 44.8. The lowest BCUT2D eigenvalue weighted by Gasteiger charge is -2.42. The third-order valence-corrected chi connectivity index (χ3v) is 8.33. The normalized spacial score (nSPS) is 20.9. The molecule has 0 aliphatic carbocycles. The fourth-order valence-electron chi connectivity index (χ4n) is 4.01. The van der Waals surface area contributed by atoms with Gasteiger partial charge in [0.05, 0.1) is 16.1 Å². The zero-order valence-electron chi connectivity index (χ0n) is 19.5. The van der Waals surface area contributed by atoms with Crippen LogP contribution in [0.15, 0.2) is 64.3 Å². The average Bonchev–Trinajstić information content (AvgIpc) is 2.93. The van der Waals surface area contributed by atoms with Crippen LogP contribution in [0.3, 0.4) is 0 Å². The molecule has 0 spiro atoms. The molecule has 2 aromatic carbocycles. The Morgan fingerprint density at radius 2 is 2.00 bits per heavy atom. The van der Waals surface area contributed by atoms with Crippen molar-refractivity contribution in [3.8, 4) is 5.75 Å². The summed E-state index contributed by atoms with van der Waals surface area (Å²) in [6, 6.07) is 12.9. The third-order valence-electron chi connectivity index (χ3n) is 5.91. The number of nitrogens with one attached hydrogen (secondary N) is 1. The van der Waals surface area contributed by atoms with Crippen molar-refractivity contribution in [3.63, 3.8) is 0 Å². The molecule has 0 bridgehead atoms. The summed E-state index contributed by atoms with van der Waals surface area (Å²) in [5, 5.41) is 8.79. The number of thioether (sulfide) groups is 1. The van der Waals surface area contributed by atoms with E-state index in [1.165, 1.54) is 17.8 Å². The van der Waals surface area contributed by atoms with E-state index in [2.05, 4.69) is 16.5 Å². The van der Waals surface area contributed by atoms with Gasteiger partial charge in [-0.05, 0) is 37.3 Å². The minimum absolute atomic E-state index is 0.134. The quantitative estimate of drug-likeness (QED) is 0.166. The minimum Gasteiger partial charge on any atom is -0.476 e. The van der Waals surface area contributed by atoms with E-state index in [9.17, 15) is 18.3 Å². The summed E-state index contributed by atoms with van der Waals surface area (Å²) in [5.41, 5.74) is 0.930. The highest BCUT2D eigenvalue weighted by molar-refractivity contribution is 8.22. The Morgan fingerprint density at radius 3 is 2.59 bits per heavy atom. The first-order chi connectivity index (χ1) is 16.2. The number of rotatable bonds is 9. The first-order valence-corrected chi connectivity index (χ1v) is 13.8. The van der Waals surface area contributed by atoms with Crippen LogP contribution in [0, 0.1) is 0 Å². The summed E-state index contributed by atoms with van der Waals surface area (Å²) in [5.74, 6) is -3.07. The Labute approximate surface area is 205 Å². The second-order valence-corrected chi connectivity index (χ2v) is 10.8. The molecule has 4 N–H and O–H groups in total. The summed E-state index contributed by atoms with van der Waals surface area (Å²) in [6.07, 6.45) is 5.62. The van der Waals surface area contributed by atoms with Crippen LogP contribution >= 0.6 is 22.5 Å². The number of hydrogen-bond donors (Lipinski definition) is 4. The van der Waals surface area contributed by atoms with E-state index in [4.69, 9.17) is 9.84 Å². The highest BCUT2D eigenvalue weighted by atomic mass is 32.3. The second-order valence-electron chi connectivity index (χ2n) is 8.17. The average molecular weight is 511 g/mol. The van der Waals surface area contributed by atoms with Gasteiger partial charge in [0.1, 0.15) is 16.9 Å². The molecule has 34 heavy (non-hydrogen) atoms. The van der Waals surface area contributed by atoms with Crippen molar-refractivity contribution in [2.75, 3.05) is 17.7 Å². The van der Waals surface area contributed by atoms with E-state index in [1.807, 2.05) is 43.5 Å². The van der Waals surface area contributed by atoms with Crippen molar-refractivity contribution < 1.29 is 28.1 Å². The molecular formula is C24H31FN2O5S2. The van der Waals surface area contributed by atoms with Crippen molar-refractivity contribution in [2.45, 2.75) is 54.9 Å². The first kappa shape index (κ1) is 26.4. The Hall–Kier alpha value is -2.24. The lowest BCUT2D eigenvalue weighted by Crippen LogP contribution is -2.51. The number of carboxylic acids is 1. The van der Waals surface area contributed by atoms with Crippen LogP contribution in [-0.4, -0.2) is 38.5 Å². The number of unbranched alkanes of at least 4 members (excludes halogenated alkanes) is 1. The summed E-state index contributed by atoms with van der Waals surface area (Å²) >= 11 is 1.33. The Morgan fingerprint density at radius 1 is 1.29 bits per heavy atom. The van der Waals surface area contributed by atoms with Gasteiger partial charge in [0.2, 0.25) is 5.83 Å². The van der Waals surface area contributed by atoms with Gasteiger partial charge in [-0.15, -0.1) is 22.5 Å². The molecular weight excluding hydrogens is 479 g/mol. The number of anilines is 2. The number of carboxylic acid groups (broad SMARTS) is 1. The van der Waals surface area contributed by atoms with Gasteiger partial charge in [-0.2, -0.15) is 4.39 Å². The van der Waals surface area contributed by atoms with Gasteiger partial charge in [0.15, 0.2) is 0 Å². The second kappa shape index (κ2) is 11.0. The summed E-state index contributed by atoms with van der Waals surface area (Å²) in [7, 11) is -3.48. The van der Waals surface area contributed by atoms with E-state index >= 15 is 0 Å². The number of hydrogen-bond acceptors (Lipinski definition) is 7. The summed E-state index contributed by atoms with van der Waals surface area (Å²) in [4.78, 5) is 13.7. The molecule has 0 saturated heterocycles. The summed E-state index contributed by atoms with van der Waals surface area (Å²) in [6.45, 7) is 4.64. The molecule has 1 aliphatic heterocycles. The maximum atomic E-state index is 13.6. The van der Waals surface area contributed by atoms with E-state index in [1.54, 1.807) is 6.07 Å². The first-order valence-electron chi connectivity index (χ1n) is 11.0. The zero-order valence-corrected chi connectivity index (χ0v) is 21.1. The lowest BCUT2D eigenvalue weighted by atomic mass is 9.89. The Balaban J connectivity index is 2.21. The molecule has 2 aromatic rings. The lowest BCUT2D eigenvalue weighted by molar-refractivity contribution is -0.134. The molecule has 0 fully saturated rings. The molecule has 1 aliphatic rings. The molecule has 1 heterocycles. The number of fused-ring (bicyclic) bond motifs is 1. The monoisotopic (exact) mass is 510 g/mol. The molecule has 0 aromatic heterocycles. The fraction of sp³-hybridized carbons (Fsp3) is 0.375. The SMILES string of the molecule is CCCCC1(CC)CN(c2ccccc2)c2cc(SC)c(O/C=C(\F)C(=O)O)cc2S(O)(O)N1. The van der Waals surface area contributed by atoms with Gasteiger partial charge < -0.3 is 14.7 Å². The predicted molar refractivity (Wildman–Crippen MR) is 136 cm³/mol. The number of halogens is 1. The number of carbonyl (C=O) groups is 1. The molecule has 0 saturated carbocycles. The molecule has 1 atom stereocenters.